The number of aromatic nitrogens is 1. The molecule has 3 rings (SSSR count). The van der Waals surface area contributed by atoms with E-state index >= 15 is 0 Å². The molecule has 3 aromatic rings. The van der Waals surface area contributed by atoms with E-state index in [1.54, 1.807) is 19.1 Å². The van der Waals surface area contributed by atoms with Gasteiger partial charge in [-0.15, -0.1) is 0 Å². The van der Waals surface area contributed by atoms with Gasteiger partial charge < -0.3 is 20.7 Å². The first-order valence-electron chi connectivity index (χ1n) is 8.50. The number of rotatable bonds is 5. The lowest BCUT2D eigenvalue weighted by molar-refractivity contribution is 0.0954. The maximum Gasteiger partial charge on any atom is 0.251 e. The predicted octanol–water partition coefficient (Wildman–Crippen LogP) is 3.76. The van der Waals surface area contributed by atoms with Crippen molar-refractivity contribution in [1.29, 1.82) is 0 Å². The number of hydrogen-bond acceptors (Lipinski definition) is 4. The Morgan fingerprint density at radius 3 is 2.69 bits per heavy atom. The maximum absolute atomic E-state index is 12.3. The van der Waals surface area contributed by atoms with Crippen LogP contribution in [0, 0.1) is 26.0 Å². The number of nitrogens with one attached hydrogen (secondary N) is 2. The van der Waals surface area contributed by atoms with Crippen LogP contribution in [0.4, 0.5) is 5.69 Å². The molecule has 0 unspecified atom stereocenters. The standard InChI is InChI=1S/C20H22N3O3/c1-12-7-8-15(11-18(12)23(25)26)20(24)21-10-9-16-14(3)22-19-13(2)5-4-6-17(16)19/h4-8,11,22,25H,9-10H2,1-3H3,(H,21,24)/q-1. The first-order chi connectivity index (χ1) is 12.4. The highest BCUT2D eigenvalue weighted by Crippen LogP contribution is 2.25. The number of hydrogen-bond donors (Lipinski definition) is 3. The van der Waals surface area contributed by atoms with Gasteiger partial charge in [-0.1, -0.05) is 24.3 Å². The molecule has 1 amide bonds. The Morgan fingerprint density at radius 2 is 1.96 bits per heavy atom. The van der Waals surface area contributed by atoms with Gasteiger partial charge in [-0.05, 0) is 56.0 Å². The minimum absolute atomic E-state index is 0.0700. The summed E-state index contributed by atoms with van der Waals surface area (Å²) in [5, 5.41) is 24.1. The van der Waals surface area contributed by atoms with Crippen molar-refractivity contribution in [1.82, 2.24) is 10.3 Å². The van der Waals surface area contributed by atoms with Gasteiger partial charge in [0.1, 0.15) is 0 Å². The fraction of sp³-hybridized carbons (Fsp3) is 0.250. The van der Waals surface area contributed by atoms with Crippen LogP contribution < -0.4 is 10.5 Å². The summed E-state index contributed by atoms with van der Waals surface area (Å²) in [6.45, 7) is 6.27. The van der Waals surface area contributed by atoms with Gasteiger partial charge in [-0.3, -0.25) is 10.0 Å². The zero-order valence-electron chi connectivity index (χ0n) is 15.1. The second-order valence-corrected chi connectivity index (χ2v) is 6.51. The number of fused-ring (bicyclic) bond motifs is 1. The van der Waals surface area contributed by atoms with Crippen LogP contribution in [0.15, 0.2) is 36.4 Å². The largest absolute Gasteiger partial charge is 0.733 e. The zero-order chi connectivity index (χ0) is 18.8. The van der Waals surface area contributed by atoms with Crippen LogP contribution in [0.25, 0.3) is 10.9 Å². The average molecular weight is 352 g/mol. The molecule has 0 fully saturated rings. The number of aryl methyl sites for hydroxylation is 3. The van der Waals surface area contributed by atoms with Crippen LogP contribution in [0.5, 0.6) is 0 Å². The summed E-state index contributed by atoms with van der Waals surface area (Å²) in [7, 11) is 0. The molecule has 26 heavy (non-hydrogen) atoms. The second kappa shape index (κ2) is 7.19. The molecule has 0 saturated heterocycles. The van der Waals surface area contributed by atoms with E-state index < -0.39 is 0 Å². The molecule has 0 saturated carbocycles. The molecule has 0 bridgehead atoms. The number of carbonyl (C=O) groups is 1. The lowest BCUT2D eigenvalue weighted by Gasteiger charge is -2.24. The molecular weight excluding hydrogens is 330 g/mol. The third kappa shape index (κ3) is 3.42. The lowest BCUT2D eigenvalue weighted by atomic mass is 10.1. The minimum atomic E-state index is -0.276. The van der Waals surface area contributed by atoms with Crippen molar-refractivity contribution in [3.63, 3.8) is 0 Å². The van der Waals surface area contributed by atoms with Crippen molar-refractivity contribution in [2.75, 3.05) is 11.8 Å². The number of para-hydroxylation sites is 1. The second-order valence-electron chi connectivity index (χ2n) is 6.51. The molecule has 6 nitrogen and oxygen atoms in total. The quantitative estimate of drug-likeness (QED) is 0.610. The Morgan fingerprint density at radius 1 is 1.19 bits per heavy atom. The Bertz CT molecular complexity index is 960. The normalized spacial score (nSPS) is 11.0. The lowest BCUT2D eigenvalue weighted by Crippen LogP contribution is -2.26. The number of anilines is 1. The van der Waals surface area contributed by atoms with Gasteiger partial charge in [0.05, 0.1) is 5.69 Å². The van der Waals surface area contributed by atoms with Gasteiger partial charge in [0.2, 0.25) is 0 Å². The molecular formula is C20H22N3O3-. The van der Waals surface area contributed by atoms with Crippen LogP contribution in [-0.4, -0.2) is 22.6 Å². The summed E-state index contributed by atoms with van der Waals surface area (Å²) in [6.07, 6.45) is 0.702. The molecule has 0 atom stereocenters. The Kier molecular flexibility index (Phi) is 4.97. The number of carbonyl (C=O) groups excluding carboxylic acids is 1. The van der Waals surface area contributed by atoms with E-state index in [9.17, 15) is 10.0 Å². The molecule has 0 aliphatic rings. The van der Waals surface area contributed by atoms with Gasteiger partial charge in [0.25, 0.3) is 5.91 Å². The van der Waals surface area contributed by atoms with E-state index in [0.29, 0.717) is 24.1 Å². The molecule has 0 aliphatic heterocycles. The van der Waals surface area contributed by atoms with E-state index in [0.717, 1.165) is 11.2 Å². The highest BCUT2D eigenvalue weighted by molar-refractivity contribution is 5.95. The number of aromatic amines is 1. The van der Waals surface area contributed by atoms with Gasteiger partial charge >= 0.3 is 0 Å². The molecule has 6 heteroatoms. The Balaban J connectivity index is 1.71. The van der Waals surface area contributed by atoms with Crippen LogP contribution >= 0.6 is 0 Å². The molecule has 3 N–H and O–H groups in total. The molecule has 0 radical (unpaired) electrons. The molecule has 1 aromatic heterocycles. The number of nitrogens with zero attached hydrogens (tertiary/aromatic N) is 1. The van der Waals surface area contributed by atoms with E-state index in [4.69, 9.17) is 5.21 Å². The van der Waals surface area contributed by atoms with Crippen LogP contribution in [0.3, 0.4) is 0 Å². The summed E-state index contributed by atoms with van der Waals surface area (Å²) in [6, 6.07) is 10.8. The summed E-state index contributed by atoms with van der Waals surface area (Å²) in [5.41, 5.74) is 5.63. The Hall–Kier alpha value is -2.83. The number of H-pyrrole nitrogens is 1. The van der Waals surface area contributed by atoms with Gasteiger partial charge in [-0.2, -0.15) is 0 Å². The maximum atomic E-state index is 12.3. The van der Waals surface area contributed by atoms with Crippen LogP contribution in [-0.2, 0) is 6.42 Å². The third-order valence-electron chi connectivity index (χ3n) is 4.70. The highest BCUT2D eigenvalue weighted by Gasteiger charge is 2.12. The first-order valence-corrected chi connectivity index (χ1v) is 8.50. The van der Waals surface area contributed by atoms with Crippen molar-refractivity contribution in [2.24, 2.45) is 0 Å². The first kappa shape index (κ1) is 18.0. The van der Waals surface area contributed by atoms with Gasteiger partial charge in [0, 0.05) is 28.7 Å². The fourth-order valence-corrected chi connectivity index (χ4v) is 3.23. The smallest absolute Gasteiger partial charge is 0.251 e. The van der Waals surface area contributed by atoms with Crippen molar-refractivity contribution < 1.29 is 10.0 Å². The average Bonchev–Trinajstić information content (AvgIpc) is 2.92. The monoisotopic (exact) mass is 352 g/mol. The summed E-state index contributed by atoms with van der Waals surface area (Å²) in [5.74, 6) is -0.276. The highest BCUT2D eigenvalue weighted by atomic mass is 16.8. The minimum Gasteiger partial charge on any atom is -0.733 e. The number of amides is 1. The zero-order valence-corrected chi connectivity index (χ0v) is 15.1. The topological polar surface area (TPSA) is 91.4 Å². The van der Waals surface area contributed by atoms with Crippen molar-refractivity contribution in [2.45, 2.75) is 27.2 Å². The Labute approximate surface area is 152 Å². The van der Waals surface area contributed by atoms with Crippen molar-refractivity contribution >= 4 is 22.5 Å². The number of benzene rings is 2. The molecule has 2 aromatic carbocycles. The SMILES string of the molecule is Cc1ccc(C(=O)NCCc2c(C)[nH]c3c(C)cccc23)cc1N([O-])O. The molecule has 0 aliphatic carbocycles. The van der Waals surface area contributed by atoms with Crippen molar-refractivity contribution in [3.05, 3.63) is 69.6 Å². The summed E-state index contributed by atoms with van der Waals surface area (Å²) >= 11 is 0. The van der Waals surface area contributed by atoms with Gasteiger partial charge in [0.15, 0.2) is 0 Å². The third-order valence-corrected chi connectivity index (χ3v) is 4.70. The van der Waals surface area contributed by atoms with Crippen LogP contribution in [0.1, 0.15) is 32.7 Å². The summed E-state index contributed by atoms with van der Waals surface area (Å²) < 4.78 is 0. The molecule has 136 valence electrons. The van der Waals surface area contributed by atoms with Crippen molar-refractivity contribution in [3.8, 4) is 0 Å². The molecule has 1 heterocycles. The van der Waals surface area contributed by atoms with E-state index in [1.165, 1.54) is 22.6 Å². The van der Waals surface area contributed by atoms with Gasteiger partial charge in [-0.25, -0.2) is 0 Å². The van der Waals surface area contributed by atoms with E-state index in [-0.39, 0.29) is 16.8 Å². The fourth-order valence-electron chi connectivity index (χ4n) is 3.23. The van der Waals surface area contributed by atoms with Crippen LogP contribution in [0.2, 0.25) is 0 Å². The predicted molar refractivity (Wildman–Crippen MR) is 103 cm³/mol. The molecule has 0 spiro atoms. The summed E-state index contributed by atoms with van der Waals surface area (Å²) in [4.78, 5) is 15.8. The van der Waals surface area contributed by atoms with E-state index in [2.05, 4.69) is 29.4 Å². The van der Waals surface area contributed by atoms with E-state index in [1.807, 2.05) is 13.0 Å².